The fourth-order valence-electron chi connectivity index (χ4n) is 2.16. The van der Waals surface area contributed by atoms with Gasteiger partial charge in [-0.25, -0.2) is 0 Å². The Bertz CT molecular complexity index is 802. The highest BCUT2D eigenvalue weighted by Gasteiger charge is 2.08. The molecule has 142 valence electrons. The van der Waals surface area contributed by atoms with Crippen LogP contribution in [0.25, 0.3) is 0 Å². The molecule has 0 radical (unpaired) electrons. The van der Waals surface area contributed by atoms with Crippen LogP contribution in [0.2, 0.25) is 0 Å². The summed E-state index contributed by atoms with van der Waals surface area (Å²) in [6, 6.07) is 13.8. The Morgan fingerprint density at radius 3 is 2.00 bits per heavy atom. The summed E-state index contributed by atoms with van der Waals surface area (Å²) in [6.45, 7) is 3.21. The third-order valence-electron chi connectivity index (χ3n) is 3.57. The number of Topliss-reactive ketones (excluding diaryl/α,β-unsaturated/α-hetero) is 1. The summed E-state index contributed by atoms with van der Waals surface area (Å²) in [7, 11) is 0. The Morgan fingerprint density at radius 2 is 1.44 bits per heavy atom. The molecule has 0 saturated heterocycles. The van der Waals surface area contributed by atoms with Gasteiger partial charge in [-0.05, 0) is 48.9 Å². The molecule has 0 heterocycles. The van der Waals surface area contributed by atoms with Crippen LogP contribution < -0.4 is 20.3 Å². The molecule has 2 aromatic carbocycles. The van der Waals surface area contributed by atoms with Crippen LogP contribution in [-0.4, -0.2) is 30.8 Å². The lowest BCUT2D eigenvalue weighted by molar-refractivity contribution is -0.131. The molecule has 0 aliphatic heterocycles. The Balaban J connectivity index is 1.68. The predicted octanol–water partition coefficient (Wildman–Crippen LogP) is 2.19. The highest BCUT2D eigenvalue weighted by Crippen LogP contribution is 2.13. The second kappa shape index (κ2) is 9.96. The monoisotopic (exact) mass is 370 g/mol. The van der Waals surface area contributed by atoms with Crippen molar-refractivity contribution in [2.45, 2.75) is 20.3 Å². The lowest BCUT2D eigenvalue weighted by Gasteiger charge is -2.10. The van der Waals surface area contributed by atoms with Crippen LogP contribution in [0.5, 0.6) is 11.5 Å². The molecule has 0 saturated carbocycles. The van der Waals surface area contributed by atoms with Gasteiger partial charge in [0.1, 0.15) is 11.5 Å². The number of ether oxygens (including phenoxy) is 2. The Hall–Kier alpha value is -3.35. The van der Waals surface area contributed by atoms with E-state index < -0.39 is 11.8 Å². The van der Waals surface area contributed by atoms with Crippen LogP contribution in [0.15, 0.2) is 48.5 Å². The quantitative estimate of drug-likeness (QED) is 0.549. The molecular formula is C20H22N2O5. The summed E-state index contributed by atoms with van der Waals surface area (Å²) in [5.41, 5.74) is 6.10. The smallest absolute Gasteiger partial charge is 0.276 e. The fourth-order valence-corrected chi connectivity index (χ4v) is 2.16. The van der Waals surface area contributed by atoms with Crippen molar-refractivity contribution >= 4 is 17.6 Å². The first-order valence-corrected chi connectivity index (χ1v) is 8.51. The first kappa shape index (κ1) is 20.0. The average Bonchev–Trinajstić information content (AvgIpc) is 2.69. The Morgan fingerprint density at radius 1 is 0.852 bits per heavy atom. The zero-order valence-corrected chi connectivity index (χ0v) is 15.3. The zero-order valence-electron chi connectivity index (χ0n) is 15.3. The summed E-state index contributed by atoms with van der Waals surface area (Å²) in [5, 5.41) is 0. The molecule has 0 aliphatic carbocycles. The van der Waals surface area contributed by atoms with E-state index in [0.717, 1.165) is 5.56 Å². The predicted molar refractivity (Wildman–Crippen MR) is 99.5 cm³/mol. The minimum absolute atomic E-state index is 0.0369. The lowest BCUT2D eigenvalue weighted by Crippen LogP contribution is -2.45. The first-order chi connectivity index (χ1) is 13.0. The van der Waals surface area contributed by atoms with Gasteiger partial charge in [0.05, 0.1) is 0 Å². The summed E-state index contributed by atoms with van der Waals surface area (Å²) in [5.74, 6) is 0.0477. The van der Waals surface area contributed by atoms with Crippen molar-refractivity contribution in [3.8, 4) is 11.5 Å². The highest BCUT2D eigenvalue weighted by atomic mass is 16.5. The number of hydrazine groups is 1. The van der Waals surface area contributed by atoms with E-state index in [2.05, 4.69) is 10.9 Å². The molecule has 7 nitrogen and oxygen atoms in total. The van der Waals surface area contributed by atoms with Gasteiger partial charge in [0.25, 0.3) is 11.8 Å². The maximum atomic E-state index is 11.7. The molecule has 0 aliphatic rings. The van der Waals surface area contributed by atoms with Crippen LogP contribution in [-0.2, 0) is 9.59 Å². The third kappa shape index (κ3) is 6.81. The largest absolute Gasteiger partial charge is 0.484 e. The minimum atomic E-state index is -0.521. The Labute approximate surface area is 157 Å². The average molecular weight is 370 g/mol. The van der Waals surface area contributed by atoms with Gasteiger partial charge in [0, 0.05) is 12.0 Å². The molecule has 2 rings (SSSR count). The Kier molecular flexibility index (Phi) is 7.37. The molecule has 0 atom stereocenters. The SMILES string of the molecule is CCC(=O)c1ccc(OCC(=O)NNC(=O)COc2cccc(C)c2)cc1. The van der Waals surface area contributed by atoms with Crippen molar-refractivity contribution < 1.29 is 23.9 Å². The number of amides is 2. The number of hydrogen-bond donors (Lipinski definition) is 2. The van der Waals surface area contributed by atoms with Crippen LogP contribution in [0.4, 0.5) is 0 Å². The summed E-state index contributed by atoms with van der Waals surface area (Å²) < 4.78 is 10.6. The van der Waals surface area contributed by atoms with Gasteiger partial charge in [-0.3, -0.25) is 25.2 Å². The van der Waals surface area contributed by atoms with Gasteiger partial charge in [-0.1, -0.05) is 19.1 Å². The van der Waals surface area contributed by atoms with E-state index in [-0.39, 0.29) is 19.0 Å². The number of nitrogens with one attached hydrogen (secondary N) is 2. The van der Waals surface area contributed by atoms with E-state index in [1.807, 2.05) is 19.1 Å². The van der Waals surface area contributed by atoms with E-state index >= 15 is 0 Å². The first-order valence-electron chi connectivity index (χ1n) is 8.51. The number of rotatable bonds is 8. The molecule has 0 spiro atoms. The van der Waals surface area contributed by atoms with E-state index in [4.69, 9.17) is 9.47 Å². The van der Waals surface area contributed by atoms with Crippen LogP contribution in [0.3, 0.4) is 0 Å². The van der Waals surface area contributed by atoms with E-state index in [1.54, 1.807) is 43.3 Å². The number of carbonyl (C=O) groups excluding carboxylic acids is 3. The highest BCUT2D eigenvalue weighted by molar-refractivity contribution is 5.95. The second-order valence-electron chi connectivity index (χ2n) is 5.79. The van der Waals surface area contributed by atoms with Crippen molar-refractivity contribution in [2.75, 3.05) is 13.2 Å². The fraction of sp³-hybridized carbons (Fsp3) is 0.250. The van der Waals surface area contributed by atoms with Gasteiger partial charge in [0.15, 0.2) is 19.0 Å². The summed E-state index contributed by atoms with van der Waals surface area (Å²) in [6.07, 6.45) is 0.426. The van der Waals surface area contributed by atoms with Crippen molar-refractivity contribution in [3.05, 3.63) is 59.7 Å². The van der Waals surface area contributed by atoms with Crippen LogP contribution in [0, 0.1) is 6.92 Å². The molecule has 27 heavy (non-hydrogen) atoms. The summed E-state index contributed by atoms with van der Waals surface area (Å²) in [4.78, 5) is 34.9. The molecule has 2 N–H and O–H groups in total. The maximum Gasteiger partial charge on any atom is 0.276 e. The number of ketones is 1. The standard InChI is InChI=1S/C20H22N2O5/c1-3-18(23)15-7-9-16(10-8-15)26-12-19(24)21-22-20(25)13-27-17-6-4-5-14(2)11-17/h4-11H,3,12-13H2,1-2H3,(H,21,24)(H,22,25). The molecule has 0 aromatic heterocycles. The second-order valence-corrected chi connectivity index (χ2v) is 5.79. The van der Waals surface area contributed by atoms with E-state index in [9.17, 15) is 14.4 Å². The number of aryl methyl sites for hydroxylation is 1. The van der Waals surface area contributed by atoms with E-state index in [1.165, 1.54) is 0 Å². The van der Waals surface area contributed by atoms with Crippen molar-refractivity contribution in [1.82, 2.24) is 10.9 Å². The maximum absolute atomic E-state index is 11.7. The minimum Gasteiger partial charge on any atom is -0.484 e. The number of hydrogen-bond acceptors (Lipinski definition) is 5. The van der Waals surface area contributed by atoms with Gasteiger partial charge >= 0.3 is 0 Å². The van der Waals surface area contributed by atoms with Crippen molar-refractivity contribution in [1.29, 1.82) is 0 Å². The molecule has 7 heteroatoms. The zero-order chi connectivity index (χ0) is 19.6. The molecule has 0 unspecified atom stereocenters. The van der Waals surface area contributed by atoms with Gasteiger partial charge in [-0.15, -0.1) is 0 Å². The van der Waals surface area contributed by atoms with Crippen LogP contribution >= 0.6 is 0 Å². The third-order valence-corrected chi connectivity index (χ3v) is 3.57. The van der Waals surface area contributed by atoms with E-state index in [0.29, 0.717) is 23.5 Å². The van der Waals surface area contributed by atoms with Crippen molar-refractivity contribution in [2.24, 2.45) is 0 Å². The van der Waals surface area contributed by atoms with Gasteiger partial charge in [-0.2, -0.15) is 0 Å². The number of carbonyl (C=O) groups is 3. The normalized spacial score (nSPS) is 10.0. The molecule has 0 bridgehead atoms. The summed E-state index contributed by atoms with van der Waals surface area (Å²) >= 11 is 0. The van der Waals surface area contributed by atoms with Gasteiger partial charge in [0.2, 0.25) is 0 Å². The van der Waals surface area contributed by atoms with Crippen LogP contribution in [0.1, 0.15) is 29.3 Å². The molecule has 2 aromatic rings. The van der Waals surface area contributed by atoms with Crippen molar-refractivity contribution in [3.63, 3.8) is 0 Å². The topological polar surface area (TPSA) is 93.7 Å². The lowest BCUT2D eigenvalue weighted by atomic mass is 10.1. The molecule has 2 amide bonds. The van der Waals surface area contributed by atoms with Gasteiger partial charge < -0.3 is 9.47 Å². The molecule has 0 fully saturated rings. The number of benzene rings is 2. The molecular weight excluding hydrogens is 348 g/mol.